The van der Waals surface area contributed by atoms with E-state index in [1.54, 1.807) is 12.1 Å². The quantitative estimate of drug-likeness (QED) is 0.845. The normalized spacial score (nSPS) is 13.6. The molecule has 1 saturated carbocycles. The first-order valence-electron chi connectivity index (χ1n) is 8.48. The molecule has 5 heteroatoms. The van der Waals surface area contributed by atoms with Gasteiger partial charge >= 0.3 is 12.0 Å². The summed E-state index contributed by atoms with van der Waals surface area (Å²) in [5.74, 6) is -0.365. The number of amides is 2. The molecule has 1 aliphatic carbocycles. The minimum Gasteiger partial charge on any atom is -0.465 e. The first kappa shape index (κ1) is 17.0. The number of carbonyl (C=O) groups excluding carboxylic acids is 2. The third kappa shape index (κ3) is 3.99. The maximum atomic E-state index is 12.7. The monoisotopic (exact) mass is 338 g/mol. The summed E-state index contributed by atoms with van der Waals surface area (Å²) in [5, 5.41) is 2.98. The summed E-state index contributed by atoms with van der Waals surface area (Å²) in [4.78, 5) is 26.0. The molecular weight excluding hydrogens is 316 g/mol. The molecule has 2 aromatic rings. The van der Waals surface area contributed by atoms with Crippen LogP contribution in [-0.4, -0.2) is 25.2 Å². The van der Waals surface area contributed by atoms with Crippen molar-refractivity contribution in [3.05, 3.63) is 65.7 Å². The third-order valence-electron chi connectivity index (χ3n) is 4.51. The molecular formula is C20H22N2O3. The van der Waals surface area contributed by atoms with E-state index >= 15 is 0 Å². The number of nitrogens with one attached hydrogen (secondary N) is 1. The molecule has 1 fully saturated rings. The Hall–Kier alpha value is -2.82. The lowest BCUT2D eigenvalue weighted by Gasteiger charge is -2.37. The van der Waals surface area contributed by atoms with Gasteiger partial charge in [-0.15, -0.1) is 0 Å². The molecule has 2 aromatic carbocycles. The lowest BCUT2D eigenvalue weighted by molar-refractivity contribution is 0.0600. The second-order valence-corrected chi connectivity index (χ2v) is 6.14. The first-order chi connectivity index (χ1) is 12.2. The van der Waals surface area contributed by atoms with Crippen LogP contribution in [0.25, 0.3) is 0 Å². The number of esters is 1. The molecule has 5 nitrogen and oxygen atoms in total. The molecule has 0 atom stereocenters. The second-order valence-electron chi connectivity index (χ2n) is 6.14. The molecule has 0 spiro atoms. The standard InChI is InChI=1S/C20H22N2O3/c1-25-19(23)16-12-10-15(11-13-16)14-21-20(24)22(18-8-5-9-18)17-6-3-2-4-7-17/h2-4,6-7,10-13,18H,5,8-9,14H2,1H3,(H,21,24). The van der Waals surface area contributed by atoms with Crippen LogP contribution >= 0.6 is 0 Å². The van der Waals surface area contributed by atoms with Crippen molar-refractivity contribution in [3.63, 3.8) is 0 Å². The minimum absolute atomic E-state index is 0.0899. The van der Waals surface area contributed by atoms with Crippen molar-refractivity contribution >= 4 is 17.7 Å². The van der Waals surface area contributed by atoms with Gasteiger partial charge in [-0.2, -0.15) is 0 Å². The number of methoxy groups -OCH3 is 1. The van der Waals surface area contributed by atoms with Gasteiger partial charge in [-0.3, -0.25) is 4.90 Å². The molecule has 0 unspecified atom stereocenters. The van der Waals surface area contributed by atoms with Gasteiger partial charge in [0.25, 0.3) is 0 Å². The van der Waals surface area contributed by atoms with Crippen molar-refractivity contribution in [1.29, 1.82) is 0 Å². The van der Waals surface area contributed by atoms with Crippen molar-refractivity contribution in [2.45, 2.75) is 31.8 Å². The highest BCUT2D eigenvalue weighted by molar-refractivity contribution is 5.92. The maximum absolute atomic E-state index is 12.7. The van der Waals surface area contributed by atoms with E-state index in [4.69, 9.17) is 0 Å². The van der Waals surface area contributed by atoms with Gasteiger partial charge in [0.05, 0.1) is 12.7 Å². The molecule has 3 rings (SSSR count). The van der Waals surface area contributed by atoms with Crippen LogP contribution < -0.4 is 10.2 Å². The Morgan fingerprint density at radius 3 is 2.32 bits per heavy atom. The lowest BCUT2D eigenvalue weighted by atomic mass is 9.91. The number of benzene rings is 2. The molecule has 0 saturated heterocycles. The Morgan fingerprint density at radius 1 is 1.08 bits per heavy atom. The molecule has 0 bridgehead atoms. The Bertz CT molecular complexity index is 724. The Kier molecular flexibility index (Phi) is 5.33. The lowest BCUT2D eigenvalue weighted by Crippen LogP contribution is -2.49. The highest BCUT2D eigenvalue weighted by atomic mass is 16.5. The van der Waals surface area contributed by atoms with Crippen LogP contribution in [0.5, 0.6) is 0 Å². The fourth-order valence-corrected chi connectivity index (χ4v) is 2.87. The summed E-state index contributed by atoms with van der Waals surface area (Å²) in [5.41, 5.74) is 2.35. The van der Waals surface area contributed by atoms with Crippen molar-refractivity contribution in [1.82, 2.24) is 5.32 Å². The van der Waals surface area contributed by atoms with Gasteiger partial charge in [0.2, 0.25) is 0 Å². The summed E-state index contributed by atoms with van der Waals surface area (Å²) >= 11 is 0. The molecule has 0 aromatic heterocycles. The highest BCUT2D eigenvalue weighted by Gasteiger charge is 2.29. The molecule has 1 aliphatic rings. The number of urea groups is 1. The van der Waals surface area contributed by atoms with Crippen molar-refractivity contribution < 1.29 is 14.3 Å². The van der Waals surface area contributed by atoms with Crippen molar-refractivity contribution in [3.8, 4) is 0 Å². The van der Waals surface area contributed by atoms with Gasteiger partial charge in [-0.25, -0.2) is 9.59 Å². The summed E-state index contributed by atoms with van der Waals surface area (Å²) in [6.45, 7) is 0.413. The van der Waals surface area contributed by atoms with Gasteiger partial charge in [-0.1, -0.05) is 30.3 Å². The van der Waals surface area contributed by atoms with Crippen LogP contribution in [0.4, 0.5) is 10.5 Å². The summed E-state index contributed by atoms with van der Waals surface area (Å²) in [6.07, 6.45) is 3.24. The van der Waals surface area contributed by atoms with E-state index in [-0.39, 0.29) is 18.0 Å². The largest absolute Gasteiger partial charge is 0.465 e. The molecule has 25 heavy (non-hydrogen) atoms. The Labute approximate surface area is 147 Å². The van der Waals surface area contributed by atoms with Crippen LogP contribution in [0.2, 0.25) is 0 Å². The number of hydrogen-bond acceptors (Lipinski definition) is 3. The van der Waals surface area contributed by atoms with Gasteiger partial charge in [0.1, 0.15) is 0 Å². The number of para-hydroxylation sites is 1. The van der Waals surface area contributed by atoms with Crippen molar-refractivity contribution in [2.24, 2.45) is 0 Å². The van der Waals surface area contributed by atoms with Crippen molar-refractivity contribution in [2.75, 3.05) is 12.0 Å². The van der Waals surface area contributed by atoms with Gasteiger partial charge in [0.15, 0.2) is 0 Å². The van der Waals surface area contributed by atoms with Crippen LogP contribution in [0.15, 0.2) is 54.6 Å². The third-order valence-corrected chi connectivity index (χ3v) is 4.51. The number of anilines is 1. The topological polar surface area (TPSA) is 58.6 Å². The molecule has 0 radical (unpaired) electrons. The van der Waals surface area contributed by atoms with Gasteiger partial charge < -0.3 is 10.1 Å². The molecule has 0 heterocycles. The molecule has 0 aliphatic heterocycles. The highest BCUT2D eigenvalue weighted by Crippen LogP contribution is 2.29. The average molecular weight is 338 g/mol. The zero-order valence-corrected chi connectivity index (χ0v) is 14.3. The maximum Gasteiger partial charge on any atom is 0.337 e. The Balaban J connectivity index is 1.64. The molecule has 130 valence electrons. The van der Waals surface area contributed by atoms with Crippen LogP contribution in [0.1, 0.15) is 35.2 Å². The summed E-state index contributed by atoms with van der Waals surface area (Å²) in [7, 11) is 1.36. The number of carbonyl (C=O) groups is 2. The fourth-order valence-electron chi connectivity index (χ4n) is 2.87. The zero-order valence-electron chi connectivity index (χ0n) is 14.3. The van der Waals surface area contributed by atoms with E-state index in [2.05, 4.69) is 10.1 Å². The first-order valence-corrected chi connectivity index (χ1v) is 8.48. The van der Waals surface area contributed by atoms with Gasteiger partial charge in [-0.05, 0) is 49.1 Å². The predicted octanol–water partition coefficient (Wildman–Crippen LogP) is 3.74. The van der Waals surface area contributed by atoms with Crippen LogP contribution in [0, 0.1) is 0 Å². The summed E-state index contributed by atoms with van der Waals surface area (Å²) < 4.78 is 4.68. The predicted molar refractivity (Wildman–Crippen MR) is 96.6 cm³/mol. The van der Waals surface area contributed by atoms with E-state index in [0.717, 1.165) is 30.5 Å². The van der Waals surface area contributed by atoms with E-state index in [0.29, 0.717) is 12.1 Å². The van der Waals surface area contributed by atoms with Gasteiger partial charge in [0, 0.05) is 18.3 Å². The second kappa shape index (κ2) is 7.83. The van der Waals surface area contributed by atoms with E-state index in [1.807, 2.05) is 47.4 Å². The number of ether oxygens (including phenoxy) is 1. The SMILES string of the molecule is COC(=O)c1ccc(CNC(=O)N(c2ccccc2)C2CCC2)cc1. The summed E-state index contributed by atoms with van der Waals surface area (Å²) in [6, 6.07) is 17.0. The van der Waals surface area contributed by atoms with Crippen LogP contribution in [-0.2, 0) is 11.3 Å². The van der Waals surface area contributed by atoms with E-state index in [9.17, 15) is 9.59 Å². The number of rotatable bonds is 5. The smallest absolute Gasteiger partial charge is 0.337 e. The minimum atomic E-state index is -0.365. The zero-order chi connectivity index (χ0) is 17.6. The number of nitrogens with zero attached hydrogens (tertiary/aromatic N) is 1. The fraction of sp³-hybridized carbons (Fsp3) is 0.300. The van der Waals surface area contributed by atoms with E-state index < -0.39 is 0 Å². The van der Waals surface area contributed by atoms with E-state index in [1.165, 1.54) is 7.11 Å². The molecule has 2 amide bonds. The Morgan fingerprint density at radius 2 is 1.76 bits per heavy atom. The average Bonchev–Trinajstić information content (AvgIpc) is 2.63. The molecule has 1 N–H and O–H groups in total. The van der Waals surface area contributed by atoms with Crippen LogP contribution in [0.3, 0.4) is 0 Å². The number of hydrogen-bond donors (Lipinski definition) is 1.